The molecule has 2 aromatic rings. The van der Waals surface area contributed by atoms with Crippen LogP contribution in [0.3, 0.4) is 0 Å². The lowest BCUT2D eigenvalue weighted by atomic mass is 9.92. The van der Waals surface area contributed by atoms with Gasteiger partial charge in [-0.2, -0.15) is 5.10 Å². The maximum atomic E-state index is 12.3. The zero-order chi connectivity index (χ0) is 21.3. The van der Waals surface area contributed by atoms with Crippen LogP contribution in [0.15, 0.2) is 24.5 Å². The number of aliphatic hydroxyl groups excluding tert-OH is 1. The highest BCUT2D eigenvalue weighted by Gasteiger charge is 2.30. The minimum atomic E-state index is -0.00950. The van der Waals surface area contributed by atoms with Gasteiger partial charge >= 0.3 is 0 Å². The fraction of sp³-hybridized carbons (Fsp3) is 0.500. The zero-order valence-electron chi connectivity index (χ0n) is 17.4. The predicted molar refractivity (Wildman–Crippen MR) is 112 cm³/mol. The molecule has 2 aliphatic heterocycles. The smallest absolute Gasteiger partial charge is 0.224 e. The van der Waals surface area contributed by atoms with Crippen LogP contribution in [-0.2, 0) is 22.6 Å². The van der Waals surface area contributed by atoms with Crippen molar-refractivity contribution in [2.24, 2.45) is 0 Å². The molecule has 2 atom stereocenters. The molecule has 8 nitrogen and oxygen atoms in total. The molecule has 160 valence electrons. The van der Waals surface area contributed by atoms with Gasteiger partial charge in [-0.1, -0.05) is 0 Å². The number of carbonyl (C=O) groups is 2. The number of rotatable bonds is 6. The Bertz CT molecular complexity index is 955. The maximum absolute atomic E-state index is 12.3. The molecule has 30 heavy (non-hydrogen) atoms. The van der Waals surface area contributed by atoms with Crippen LogP contribution in [0.1, 0.15) is 38.7 Å². The first-order valence-electron chi connectivity index (χ1n) is 10.5. The lowest BCUT2D eigenvalue weighted by Gasteiger charge is -2.36. The van der Waals surface area contributed by atoms with Gasteiger partial charge in [0.05, 0.1) is 31.1 Å². The normalized spacial score (nSPS) is 20.8. The quantitative estimate of drug-likeness (QED) is 0.755. The number of fused-ring (bicyclic) bond motifs is 1. The number of amides is 2. The first kappa shape index (κ1) is 20.4. The number of benzene rings is 1. The highest BCUT2D eigenvalue weighted by molar-refractivity contribution is 5.95. The molecule has 0 saturated carbocycles. The predicted octanol–water partition coefficient (Wildman–Crippen LogP) is 1.89. The molecule has 0 spiro atoms. The highest BCUT2D eigenvalue weighted by Crippen LogP contribution is 2.43. The number of hydrogen-bond donors (Lipinski definition) is 2. The molecule has 2 amide bonds. The van der Waals surface area contributed by atoms with Crippen molar-refractivity contribution in [1.29, 1.82) is 0 Å². The largest absolute Gasteiger partial charge is 0.490 e. The van der Waals surface area contributed by atoms with Crippen molar-refractivity contribution in [3.05, 3.63) is 30.1 Å². The van der Waals surface area contributed by atoms with Crippen molar-refractivity contribution >= 4 is 17.5 Å². The minimum Gasteiger partial charge on any atom is -0.490 e. The average molecular weight is 412 g/mol. The van der Waals surface area contributed by atoms with Crippen molar-refractivity contribution in [2.75, 3.05) is 18.1 Å². The summed E-state index contributed by atoms with van der Waals surface area (Å²) < 4.78 is 8.01. The molecular formula is C22H28N4O4. The van der Waals surface area contributed by atoms with E-state index in [2.05, 4.69) is 17.3 Å². The molecule has 4 rings (SSSR count). The van der Waals surface area contributed by atoms with Crippen LogP contribution in [0, 0.1) is 0 Å². The molecule has 1 aromatic carbocycles. The van der Waals surface area contributed by atoms with E-state index in [1.165, 1.54) is 0 Å². The SMILES string of the molecule is CC(=O)N1c2ccc(-c3cnn(CCO)c3)c(OC[C@H]3CCC(=O)N3)c2CC[C@@H]1C. The summed E-state index contributed by atoms with van der Waals surface area (Å²) in [4.78, 5) is 25.7. The Morgan fingerprint density at radius 3 is 2.87 bits per heavy atom. The fourth-order valence-electron chi connectivity index (χ4n) is 4.39. The summed E-state index contributed by atoms with van der Waals surface area (Å²) in [6.07, 6.45) is 6.60. The van der Waals surface area contributed by atoms with Crippen LogP contribution in [0.5, 0.6) is 5.75 Å². The molecule has 0 aliphatic carbocycles. The van der Waals surface area contributed by atoms with Crippen molar-refractivity contribution in [2.45, 2.75) is 58.2 Å². The number of carbonyl (C=O) groups excluding carboxylic acids is 2. The van der Waals surface area contributed by atoms with Crippen LogP contribution in [0.2, 0.25) is 0 Å². The second-order valence-corrected chi connectivity index (χ2v) is 8.05. The third-order valence-electron chi connectivity index (χ3n) is 5.87. The van der Waals surface area contributed by atoms with Gasteiger partial charge in [0.25, 0.3) is 0 Å². The minimum absolute atomic E-state index is 0.00950. The number of hydrogen-bond acceptors (Lipinski definition) is 5. The van der Waals surface area contributed by atoms with E-state index < -0.39 is 0 Å². The number of nitrogens with one attached hydrogen (secondary N) is 1. The molecule has 2 N–H and O–H groups in total. The molecule has 1 fully saturated rings. The Morgan fingerprint density at radius 1 is 1.33 bits per heavy atom. The van der Waals surface area contributed by atoms with Crippen LogP contribution in [0.25, 0.3) is 11.1 Å². The van der Waals surface area contributed by atoms with Crippen molar-refractivity contribution in [3.63, 3.8) is 0 Å². The van der Waals surface area contributed by atoms with E-state index in [0.717, 1.165) is 47.4 Å². The van der Waals surface area contributed by atoms with Gasteiger partial charge in [0.15, 0.2) is 0 Å². The van der Waals surface area contributed by atoms with Crippen molar-refractivity contribution in [1.82, 2.24) is 15.1 Å². The Kier molecular flexibility index (Phi) is 5.76. The van der Waals surface area contributed by atoms with Gasteiger partial charge in [0.1, 0.15) is 12.4 Å². The van der Waals surface area contributed by atoms with Crippen LogP contribution >= 0.6 is 0 Å². The van der Waals surface area contributed by atoms with Gasteiger partial charge < -0.3 is 20.1 Å². The van der Waals surface area contributed by atoms with E-state index in [-0.39, 0.29) is 30.5 Å². The third-order valence-corrected chi connectivity index (χ3v) is 5.87. The fourth-order valence-corrected chi connectivity index (χ4v) is 4.39. The molecule has 0 bridgehead atoms. The molecular weight excluding hydrogens is 384 g/mol. The van der Waals surface area contributed by atoms with E-state index in [1.807, 2.05) is 23.2 Å². The molecule has 2 aliphatic rings. The summed E-state index contributed by atoms with van der Waals surface area (Å²) in [6, 6.07) is 4.07. The molecule has 0 radical (unpaired) electrons. The number of anilines is 1. The highest BCUT2D eigenvalue weighted by atomic mass is 16.5. The zero-order valence-corrected chi connectivity index (χ0v) is 17.4. The van der Waals surface area contributed by atoms with E-state index in [0.29, 0.717) is 19.6 Å². The van der Waals surface area contributed by atoms with Crippen LogP contribution < -0.4 is 15.0 Å². The summed E-state index contributed by atoms with van der Waals surface area (Å²) >= 11 is 0. The second-order valence-electron chi connectivity index (χ2n) is 8.05. The molecule has 8 heteroatoms. The van der Waals surface area contributed by atoms with E-state index in [4.69, 9.17) is 4.74 Å². The van der Waals surface area contributed by atoms with Crippen LogP contribution in [-0.4, -0.2) is 52.0 Å². The lowest BCUT2D eigenvalue weighted by Crippen LogP contribution is -2.41. The maximum Gasteiger partial charge on any atom is 0.224 e. The first-order chi connectivity index (χ1) is 14.5. The standard InChI is InChI=1S/C22H28N4O4/c1-14-3-5-19-20(26(14)15(2)28)7-6-18(16-11-23-25(12-16)9-10-27)22(19)30-13-17-4-8-21(29)24-17/h6-7,11-12,14,17,27H,3-5,8-10,13H2,1-2H3,(H,24,29)/t14-,17+/m0/s1. The number of nitrogens with zero attached hydrogens (tertiary/aromatic N) is 3. The molecule has 1 saturated heterocycles. The number of ether oxygens (including phenoxy) is 1. The Hall–Kier alpha value is -2.87. The van der Waals surface area contributed by atoms with Gasteiger partial charge in [-0.25, -0.2) is 0 Å². The second kappa shape index (κ2) is 8.47. The van der Waals surface area contributed by atoms with E-state index in [9.17, 15) is 14.7 Å². The topological polar surface area (TPSA) is 96.7 Å². The summed E-state index contributed by atoms with van der Waals surface area (Å²) in [5.74, 6) is 0.817. The number of aromatic nitrogens is 2. The summed E-state index contributed by atoms with van der Waals surface area (Å²) in [5.41, 5.74) is 3.70. The van der Waals surface area contributed by atoms with Crippen molar-refractivity contribution < 1.29 is 19.4 Å². The monoisotopic (exact) mass is 412 g/mol. The molecule has 3 heterocycles. The van der Waals surface area contributed by atoms with Gasteiger partial charge in [-0.05, 0) is 38.3 Å². The van der Waals surface area contributed by atoms with Crippen LogP contribution in [0.4, 0.5) is 5.69 Å². The summed E-state index contributed by atoms with van der Waals surface area (Å²) in [7, 11) is 0. The Balaban J connectivity index is 1.73. The Morgan fingerprint density at radius 2 is 2.17 bits per heavy atom. The van der Waals surface area contributed by atoms with Gasteiger partial charge in [-0.3, -0.25) is 14.3 Å². The van der Waals surface area contributed by atoms with Gasteiger partial charge in [-0.15, -0.1) is 0 Å². The van der Waals surface area contributed by atoms with E-state index in [1.54, 1.807) is 17.8 Å². The molecule has 1 aromatic heterocycles. The summed E-state index contributed by atoms with van der Waals surface area (Å²) in [6.45, 7) is 4.47. The average Bonchev–Trinajstić information content (AvgIpc) is 3.34. The third kappa shape index (κ3) is 3.92. The summed E-state index contributed by atoms with van der Waals surface area (Å²) in [5, 5.41) is 16.5. The van der Waals surface area contributed by atoms with Crippen molar-refractivity contribution in [3.8, 4) is 16.9 Å². The van der Waals surface area contributed by atoms with Gasteiger partial charge in [0.2, 0.25) is 11.8 Å². The Labute approximate surface area is 175 Å². The first-order valence-corrected chi connectivity index (χ1v) is 10.5. The number of aliphatic hydroxyl groups is 1. The van der Waals surface area contributed by atoms with E-state index >= 15 is 0 Å². The lowest BCUT2D eigenvalue weighted by molar-refractivity contribution is -0.119. The van der Waals surface area contributed by atoms with Gasteiger partial charge in [0, 0.05) is 42.3 Å². The molecule has 0 unspecified atom stereocenters.